The van der Waals surface area contributed by atoms with Crippen LogP contribution in [0.4, 0.5) is 0 Å². The largest absolute Gasteiger partial charge is 0.396 e. The van der Waals surface area contributed by atoms with E-state index >= 15 is 0 Å². The Hall–Kier alpha value is -0.120. The average molecular weight is 217 g/mol. The van der Waals surface area contributed by atoms with Gasteiger partial charge in [-0.05, 0) is 11.8 Å². The van der Waals surface area contributed by atoms with Gasteiger partial charge in [0.2, 0.25) is 0 Å². The minimum Gasteiger partial charge on any atom is -0.396 e. The van der Waals surface area contributed by atoms with E-state index in [0.29, 0.717) is 0 Å². The predicted molar refractivity (Wildman–Crippen MR) is 64.0 cm³/mol. The average Bonchev–Trinajstić information content (AvgIpc) is 2.14. The maximum Gasteiger partial charge on any atom is 0.0494 e. The van der Waals surface area contributed by atoms with Gasteiger partial charge in [-0.3, -0.25) is 0 Å². The van der Waals surface area contributed by atoms with Gasteiger partial charge in [-0.1, -0.05) is 27.7 Å². The zero-order valence-electron chi connectivity index (χ0n) is 10.9. The normalized spacial score (nSPS) is 13.2. The van der Waals surface area contributed by atoms with Gasteiger partial charge in [-0.2, -0.15) is 0 Å². The van der Waals surface area contributed by atoms with E-state index in [1.54, 1.807) is 7.11 Å². The summed E-state index contributed by atoms with van der Waals surface area (Å²) >= 11 is 0. The summed E-state index contributed by atoms with van der Waals surface area (Å²) in [4.78, 5) is 0. The standard InChI is InChI=1S/C12H27NO2/c1-11(2,6-7-15-5)8-13-9-12(3,4)10-14/h13-14H,6-10H2,1-5H3. The number of rotatable bonds is 8. The molecule has 2 N–H and O–H groups in total. The van der Waals surface area contributed by atoms with Gasteiger partial charge in [0.1, 0.15) is 0 Å². The van der Waals surface area contributed by atoms with Gasteiger partial charge in [-0.15, -0.1) is 0 Å². The van der Waals surface area contributed by atoms with Crippen LogP contribution in [0.1, 0.15) is 34.1 Å². The van der Waals surface area contributed by atoms with Crippen molar-refractivity contribution in [1.82, 2.24) is 5.32 Å². The van der Waals surface area contributed by atoms with E-state index in [1.165, 1.54) is 0 Å². The third kappa shape index (κ3) is 7.77. The Labute approximate surface area is 94.2 Å². The smallest absolute Gasteiger partial charge is 0.0494 e. The Bertz CT molecular complexity index is 167. The molecule has 3 heteroatoms. The molecule has 15 heavy (non-hydrogen) atoms. The molecule has 0 rings (SSSR count). The Morgan fingerprint density at radius 3 is 2.07 bits per heavy atom. The molecule has 0 amide bonds. The van der Waals surface area contributed by atoms with E-state index in [1.807, 2.05) is 0 Å². The number of hydrogen-bond donors (Lipinski definition) is 2. The summed E-state index contributed by atoms with van der Waals surface area (Å²) in [6.07, 6.45) is 1.05. The van der Waals surface area contributed by atoms with Crippen LogP contribution in [0.3, 0.4) is 0 Å². The first-order valence-corrected chi connectivity index (χ1v) is 5.63. The summed E-state index contributed by atoms with van der Waals surface area (Å²) in [5.74, 6) is 0. The molecule has 0 saturated heterocycles. The number of hydrogen-bond acceptors (Lipinski definition) is 3. The Morgan fingerprint density at radius 2 is 1.60 bits per heavy atom. The fourth-order valence-electron chi connectivity index (χ4n) is 1.26. The Kier molecular flexibility index (Phi) is 6.41. The van der Waals surface area contributed by atoms with Crippen molar-refractivity contribution in [1.29, 1.82) is 0 Å². The van der Waals surface area contributed by atoms with Gasteiger partial charge >= 0.3 is 0 Å². The molecule has 0 aromatic rings. The van der Waals surface area contributed by atoms with Gasteiger partial charge in [0.05, 0.1) is 0 Å². The summed E-state index contributed by atoms with van der Waals surface area (Å²) < 4.78 is 5.08. The predicted octanol–water partition coefficient (Wildman–Crippen LogP) is 1.66. The van der Waals surface area contributed by atoms with Crippen molar-refractivity contribution >= 4 is 0 Å². The lowest BCUT2D eigenvalue weighted by molar-refractivity contribution is 0.135. The highest BCUT2D eigenvalue weighted by molar-refractivity contribution is 4.75. The van der Waals surface area contributed by atoms with E-state index in [2.05, 4.69) is 33.0 Å². The molecule has 0 bridgehead atoms. The fourth-order valence-corrected chi connectivity index (χ4v) is 1.26. The summed E-state index contributed by atoms with van der Waals surface area (Å²) in [7, 11) is 1.73. The topological polar surface area (TPSA) is 41.5 Å². The van der Waals surface area contributed by atoms with Crippen LogP contribution in [0.2, 0.25) is 0 Å². The van der Waals surface area contributed by atoms with Crippen LogP contribution in [0.15, 0.2) is 0 Å². The van der Waals surface area contributed by atoms with Crippen molar-refractivity contribution in [2.45, 2.75) is 34.1 Å². The first kappa shape index (κ1) is 14.9. The molecule has 0 aliphatic heterocycles. The van der Waals surface area contributed by atoms with Gasteiger partial charge < -0.3 is 15.2 Å². The van der Waals surface area contributed by atoms with Crippen LogP contribution in [-0.4, -0.2) is 38.5 Å². The van der Waals surface area contributed by atoms with Gasteiger partial charge in [-0.25, -0.2) is 0 Å². The van der Waals surface area contributed by atoms with Crippen molar-refractivity contribution < 1.29 is 9.84 Å². The number of aliphatic hydroxyl groups excluding tert-OH is 1. The van der Waals surface area contributed by atoms with Crippen LogP contribution in [0.25, 0.3) is 0 Å². The van der Waals surface area contributed by atoms with Crippen molar-refractivity contribution in [2.75, 3.05) is 33.4 Å². The molecule has 0 aromatic carbocycles. The molecule has 0 radical (unpaired) electrons. The van der Waals surface area contributed by atoms with Crippen molar-refractivity contribution in [2.24, 2.45) is 10.8 Å². The summed E-state index contributed by atoms with van der Waals surface area (Å²) in [6.45, 7) is 11.4. The molecule has 0 fully saturated rings. The molecule has 0 aromatic heterocycles. The number of nitrogens with one attached hydrogen (secondary N) is 1. The lowest BCUT2D eigenvalue weighted by Gasteiger charge is -2.28. The SMILES string of the molecule is COCCC(C)(C)CNCC(C)(C)CO. The van der Waals surface area contributed by atoms with E-state index in [4.69, 9.17) is 9.84 Å². The fraction of sp³-hybridized carbons (Fsp3) is 1.00. The van der Waals surface area contributed by atoms with Crippen LogP contribution in [0, 0.1) is 10.8 Å². The number of ether oxygens (including phenoxy) is 1. The van der Waals surface area contributed by atoms with Crippen LogP contribution >= 0.6 is 0 Å². The van der Waals surface area contributed by atoms with Crippen LogP contribution in [0.5, 0.6) is 0 Å². The maximum atomic E-state index is 9.10. The summed E-state index contributed by atoms with van der Waals surface area (Å²) in [6, 6.07) is 0. The van der Waals surface area contributed by atoms with Crippen molar-refractivity contribution in [3.63, 3.8) is 0 Å². The van der Waals surface area contributed by atoms with E-state index < -0.39 is 0 Å². The second-order valence-corrected chi connectivity index (χ2v) is 5.83. The number of methoxy groups -OCH3 is 1. The van der Waals surface area contributed by atoms with Crippen molar-refractivity contribution in [3.05, 3.63) is 0 Å². The third-order valence-electron chi connectivity index (χ3n) is 2.62. The highest BCUT2D eigenvalue weighted by atomic mass is 16.5. The molecule has 0 atom stereocenters. The summed E-state index contributed by atoms with van der Waals surface area (Å²) in [5, 5.41) is 12.5. The minimum absolute atomic E-state index is 0.0304. The monoisotopic (exact) mass is 217 g/mol. The van der Waals surface area contributed by atoms with E-state index in [-0.39, 0.29) is 17.4 Å². The molecule has 0 spiro atoms. The maximum absolute atomic E-state index is 9.10. The quantitative estimate of drug-likeness (QED) is 0.649. The Morgan fingerprint density at radius 1 is 1.07 bits per heavy atom. The highest BCUT2D eigenvalue weighted by Gasteiger charge is 2.20. The first-order valence-electron chi connectivity index (χ1n) is 5.63. The van der Waals surface area contributed by atoms with Gasteiger partial charge in [0, 0.05) is 38.8 Å². The second-order valence-electron chi connectivity index (χ2n) is 5.83. The third-order valence-corrected chi connectivity index (χ3v) is 2.62. The zero-order chi connectivity index (χ0) is 11.9. The molecule has 0 unspecified atom stereocenters. The second kappa shape index (κ2) is 6.46. The molecule has 0 aliphatic carbocycles. The highest BCUT2D eigenvalue weighted by Crippen LogP contribution is 2.19. The first-order chi connectivity index (χ1) is 6.83. The van der Waals surface area contributed by atoms with Crippen molar-refractivity contribution in [3.8, 4) is 0 Å². The lowest BCUT2D eigenvalue weighted by Crippen LogP contribution is -2.38. The molecular weight excluding hydrogens is 190 g/mol. The van der Waals surface area contributed by atoms with E-state index in [9.17, 15) is 0 Å². The molecular formula is C12H27NO2. The van der Waals surface area contributed by atoms with Crippen LogP contribution in [-0.2, 0) is 4.74 Å². The van der Waals surface area contributed by atoms with E-state index in [0.717, 1.165) is 26.1 Å². The molecule has 0 aliphatic rings. The van der Waals surface area contributed by atoms with Crippen LogP contribution < -0.4 is 5.32 Å². The van der Waals surface area contributed by atoms with Gasteiger partial charge in [0.15, 0.2) is 0 Å². The lowest BCUT2D eigenvalue weighted by atomic mass is 9.88. The minimum atomic E-state index is -0.0304. The molecule has 3 nitrogen and oxygen atoms in total. The molecule has 0 saturated carbocycles. The Balaban J connectivity index is 3.74. The molecule has 0 heterocycles. The number of aliphatic hydroxyl groups is 1. The molecule has 92 valence electrons. The zero-order valence-corrected chi connectivity index (χ0v) is 10.9. The summed E-state index contributed by atoms with van der Waals surface area (Å²) in [5.41, 5.74) is 0.221. The van der Waals surface area contributed by atoms with Gasteiger partial charge in [0.25, 0.3) is 0 Å².